The molecule has 17 heavy (non-hydrogen) atoms. The summed E-state index contributed by atoms with van der Waals surface area (Å²) in [4.78, 5) is 9.27. The van der Waals surface area contributed by atoms with Crippen molar-refractivity contribution in [2.24, 2.45) is 7.05 Å². The van der Waals surface area contributed by atoms with Crippen LogP contribution in [-0.2, 0) is 26.4 Å². The Morgan fingerprint density at radius 1 is 1.24 bits per heavy atom. The van der Waals surface area contributed by atoms with Crippen molar-refractivity contribution in [2.45, 2.75) is 33.2 Å². The first-order valence-electron chi connectivity index (χ1n) is 6.19. The molecule has 4 heteroatoms. The molecule has 0 saturated heterocycles. The number of hydrogen-bond acceptors (Lipinski definition) is 3. The lowest BCUT2D eigenvalue weighted by Crippen LogP contribution is -2.06. The number of hydrogen-bond donors (Lipinski definition) is 1. The molecule has 0 aliphatic rings. The van der Waals surface area contributed by atoms with Gasteiger partial charge in [-0.25, -0.2) is 9.97 Å². The van der Waals surface area contributed by atoms with Crippen molar-refractivity contribution in [2.75, 3.05) is 7.05 Å². The summed E-state index contributed by atoms with van der Waals surface area (Å²) < 4.78 is 2.10. The minimum absolute atomic E-state index is 0.860. The van der Waals surface area contributed by atoms with Gasteiger partial charge in [-0.15, -0.1) is 0 Å². The molecule has 0 aromatic carbocycles. The van der Waals surface area contributed by atoms with Crippen molar-refractivity contribution in [1.82, 2.24) is 19.9 Å². The van der Waals surface area contributed by atoms with E-state index in [4.69, 9.17) is 0 Å². The number of aryl methyl sites for hydroxylation is 3. The lowest BCUT2D eigenvalue weighted by atomic mass is 10.1. The first kappa shape index (κ1) is 12.0. The third-order valence-corrected chi connectivity index (χ3v) is 3.03. The van der Waals surface area contributed by atoms with Gasteiger partial charge in [0.25, 0.3) is 0 Å². The zero-order valence-electron chi connectivity index (χ0n) is 11.0. The second-order valence-corrected chi connectivity index (χ2v) is 4.29. The summed E-state index contributed by atoms with van der Waals surface area (Å²) in [5, 5.41) is 4.42. The molecule has 0 bridgehead atoms. The smallest absolute Gasteiger partial charge is 0.143 e. The van der Waals surface area contributed by atoms with Gasteiger partial charge in [0, 0.05) is 31.6 Å². The van der Waals surface area contributed by atoms with E-state index < -0.39 is 0 Å². The van der Waals surface area contributed by atoms with Crippen molar-refractivity contribution in [3.8, 4) is 0 Å². The monoisotopic (exact) mass is 232 g/mol. The fourth-order valence-corrected chi connectivity index (χ4v) is 2.23. The number of nitrogens with one attached hydrogen (secondary N) is 1. The van der Waals surface area contributed by atoms with Crippen LogP contribution >= 0.6 is 0 Å². The predicted octanol–water partition coefficient (Wildman–Crippen LogP) is 1.81. The van der Waals surface area contributed by atoms with Crippen LogP contribution < -0.4 is 5.32 Å². The van der Waals surface area contributed by atoms with Crippen molar-refractivity contribution >= 4 is 11.0 Å². The van der Waals surface area contributed by atoms with Gasteiger partial charge >= 0.3 is 0 Å². The molecular formula is C13H20N4. The van der Waals surface area contributed by atoms with Gasteiger partial charge in [0.2, 0.25) is 0 Å². The molecular weight excluding hydrogens is 212 g/mol. The Balaban J connectivity index is 2.72. The summed E-state index contributed by atoms with van der Waals surface area (Å²) in [5.74, 6) is 0.937. The van der Waals surface area contributed by atoms with Gasteiger partial charge < -0.3 is 9.88 Å². The molecule has 0 fully saturated rings. The standard InChI is InChI=1S/C13H20N4/c1-5-10-12-9(7-14-3)8-17(4)13(12)16-11(6-2)15-10/h8,14H,5-7H2,1-4H3. The third-order valence-electron chi connectivity index (χ3n) is 3.03. The Kier molecular flexibility index (Phi) is 3.43. The molecule has 2 aromatic rings. The van der Waals surface area contributed by atoms with Gasteiger partial charge in [0.15, 0.2) is 0 Å². The Bertz CT molecular complexity index is 528. The number of fused-ring (bicyclic) bond motifs is 1. The first-order valence-corrected chi connectivity index (χ1v) is 6.19. The lowest BCUT2D eigenvalue weighted by molar-refractivity contribution is 0.814. The van der Waals surface area contributed by atoms with Gasteiger partial charge in [0.05, 0.1) is 5.69 Å². The average molecular weight is 232 g/mol. The third kappa shape index (κ3) is 2.05. The molecule has 0 atom stereocenters. The van der Waals surface area contributed by atoms with E-state index in [0.29, 0.717) is 0 Å². The van der Waals surface area contributed by atoms with Gasteiger partial charge in [-0.3, -0.25) is 0 Å². The fourth-order valence-electron chi connectivity index (χ4n) is 2.23. The molecule has 2 rings (SSSR count). The maximum atomic E-state index is 4.64. The van der Waals surface area contributed by atoms with Crippen LogP contribution in [0.1, 0.15) is 30.9 Å². The summed E-state index contributed by atoms with van der Waals surface area (Å²) in [7, 11) is 4.01. The van der Waals surface area contributed by atoms with Gasteiger partial charge in [0.1, 0.15) is 11.5 Å². The largest absolute Gasteiger partial charge is 0.335 e. The summed E-state index contributed by atoms with van der Waals surface area (Å²) in [6.45, 7) is 5.11. The maximum Gasteiger partial charge on any atom is 0.143 e. The Hall–Kier alpha value is -1.42. The van der Waals surface area contributed by atoms with Gasteiger partial charge in [-0.1, -0.05) is 13.8 Å². The Labute approximate surface area is 102 Å². The second kappa shape index (κ2) is 4.84. The number of nitrogens with zero attached hydrogens (tertiary/aromatic N) is 3. The van der Waals surface area contributed by atoms with Crippen molar-refractivity contribution in [3.63, 3.8) is 0 Å². The van der Waals surface area contributed by atoms with Crippen LogP contribution in [-0.4, -0.2) is 21.6 Å². The minimum atomic E-state index is 0.860. The summed E-state index contributed by atoms with van der Waals surface area (Å²) in [5.41, 5.74) is 3.50. The van der Waals surface area contributed by atoms with Crippen LogP contribution in [0, 0.1) is 0 Å². The van der Waals surface area contributed by atoms with E-state index in [1.807, 2.05) is 14.1 Å². The van der Waals surface area contributed by atoms with Crippen molar-refractivity contribution in [3.05, 3.63) is 23.3 Å². The molecule has 0 unspecified atom stereocenters. The van der Waals surface area contributed by atoms with E-state index >= 15 is 0 Å². The van der Waals surface area contributed by atoms with E-state index in [9.17, 15) is 0 Å². The van der Waals surface area contributed by atoms with Crippen LogP contribution in [0.15, 0.2) is 6.20 Å². The highest BCUT2D eigenvalue weighted by Crippen LogP contribution is 2.22. The Morgan fingerprint density at radius 2 is 2.00 bits per heavy atom. The molecule has 0 aliphatic carbocycles. The molecule has 4 nitrogen and oxygen atoms in total. The highest BCUT2D eigenvalue weighted by Gasteiger charge is 2.13. The SMILES string of the molecule is CCc1nc(CC)c2c(CNC)cn(C)c2n1. The molecule has 2 aromatic heterocycles. The molecule has 92 valence electrons. The molecule has 0 saturated carbocycles. The van der Waals surface area contributed by atoms with Crippen LogP contribution in [0.4, 0.5) is 0 Å². The Morgan fingerprint density at radius 3 is 2.59 bits per heavy atom. The maximum absolute atomic E-state index is 4.64. The fraction of sp³-hybridized carbons (Fsp3) is 0.538. The van der Waals surface area contributed by atoms with Crippen LogP contribution in [0.5, 0.6) is 0 Å². The molecule has 0 amide bonds. The summed E-state index contributed by atoms with van der Waals surface area (Å²) in [6.07, 6.45) is 3.98. The minimum Gasteiger partial charge on any atom is -0.335 e. The van der Waals surface area contributed by atoms with Crippen LogP contribution in [0.3, 0.4) is 0 Å². The van der Waals surface area contributed by atoms with Crippen molar-refractivity contribution < 1.29 is 0 Å². The van der Waals surface area contributed by atoms with Gasteiger partial charge in [-0.2, -0.15) is 0 Å². The van der Waals surface area contributed by atoms with E-state index in [2.05, 4.69) is 39.9 Å². The normalized spacial score (nSPS) is 11.3. The van der Waals surface area contributed by atoms with E-state index in [0.717, 1.165) is 36.6 Å². The molecule has 0 aliphatic heterocycles. The quantitative estimate of drug-likeness (QED) is 0.874. The summed E-state index contributed by atoms with van der Waals surface area (Å²) in [6, 6.07) is 0. The summed E-state index contributed by atoms with van der Waals surface area (Å²) >= 11 is 0. The second-order valence-electron chi connectivity index (χ2n) is 4.29. The number of rotatable bonds is 4. The topological polar surface area (TPSA) is 42.7 Å². The first-order chi connectivity index (χ1) is 8.21. The lowest BCUT2D eigenvalue weighted by Gasteiger charge is -2.05. The molecule has 1 N–H and O–H groups in total. The van der Waals surface area contributed by atoms with Gasteiger partial charge in [-0.05, 0) is 19.0 Å². The zero-order valence-corrected chi connectivity index (χ0v) is 11.0. The molecule has 0 spiro atoms. The molecule has 0 radical (unpaired) electrons. The predicted molar refractivity (Wildman–Crippen MR) is 70.0 cm³/mol. The number of aromatic nitrogens is 3. The zero-order chi connectivity index (χ0) is 12.4. The van der Waals surface area contributed by atoms with Crippen molar-refractivity contribution in [1.29, 1.82) is 0 Å². The highest BCUT2D eigenvalue weighted by molar-refractivity contribution is 5.83. The van der Waals surface area contributed by atoms with Crippen LogP contribution in [0.2, 0.25) is 0 Å². The van der Waals surface area contributed by atoms with E-state index in [-0.39, 0.29) is 0 Å². The average Bonchev–Trinajstić information content (AvgIpc) is 2.66. The van der Waals surface area contributed by atoms with Crippen LogP contribution in [0.25, 0.3) is 11.0 Å². The van der Waals surface area contributed by atoms with E-state index in [1.54, 1.807) is 0 Å². The highest BCUT2D eigenvalue weighted by atomic mass is 15.0. The van der Waals surface area contributed by atoms with E-state index in [1.165, 1.54) is 10.9 Å². The molecule has 2 heterocycles.